The smallest absolute Gasteiger partial charge is 0.343 e. The summed E-state index contributed by atoms with van der Waals surface area (Å²) in [7, 11) is 0. The molecule has 1 aromatic carbocycles. The van der Waals surface area contributed by atoms with Crippen molar-refractivity contribution in [1.82, 2.24) is 9.80 Å². The third-order valence-corrected chi connectivity index (χ3v) is 4.62. The number of piperidine rings is 1. The van der Waals surface area contributed by atoms with Crippen molar-refractivity contribution in [2.24, 2.45) is 5.92 Å². The summed E-state index contributed by atoms with van der Waals surface area (Å²) in [5, 5.41) is 0. The second-order valence-corrected chi connectivity index (χ2v) is 6.28. The van der Waals surface area contributed by atoms with Gasteiger partial charge in [0, 0.05) is 26.2 Å². The molecule has 1 unspecified atom stereocenters. The Morgan fingerprint density at radius 1 is 1.21 bits per heavy atom. The lowest BCUT2D eigenvalue weighted by Gasteiger charge is -2.34. The highest BCUT2D eigenvalue weighted by atomic mass is 19.4. The van der Waals surface area contributed by atoms with Gasteiger partial charge in [0.2, 0.25) is 5.91 Å². The third kappa shape index (κ3) is 4.72. The average Bonchev–Trinajstić information content (AvgIpc) is 2.56. The molecule has 3 nitrogen and oxygen atoms in total. The Kier molecular flexibility index (Phi) is 6.27. The van der Waals surface area contributed by atoms with E-state index < -0.39 is 11.7 Å². The number of hydrogen-bond acceptors (Lipinski definition) is 2. The fourth-order valence-electron chi connectivity index (χ4n) is 3.25. The number of carbonyl (C=O) groups excluding carboxylic acids is 1. The molecular formula is C18H25F3N2O. The molecule has 0 saturated carbocycles. The van der Waals surface area contributed by atoms with Crippen LogP contribution in [0.15, 0.2) is 24.3 Å². The van der Waals surface area contributed by atoms with Crippen LogP contribution >= 0.6 is 0 Å². The summed E-state index contributed by atoms with van der Waals surface area (Å²) < 4.78 is 37.8. The predicted molar refractivity (Wildman–Crippen MR) is 87.4 cm³/mol. The first-order valence-electron chi connectivity index (χ1n) is 8.52. The van der Waals surface area contributed by atoms with Crippen molar-refractivity contribution in [1.29, 1.82) is 0 Å². The van der Waals surface area contributed by atoms with Crippen molar-refractivity contribution in [3.63, 3.8) is 0 Å². The molecule has 1 aliphatic rings. The van der Waals surface area contributed by atoms with Gasteiger partial charge in [-0.1, -0.05) is 12.1 Å². The van der Waals surface area contributed by atoms with Crippen LogP contribution in [0.5, 0.6) is 0 Å². The minimum Gasteiger partial charge on any atom is -0.343 e. The van der Waals surface area contributed by atoms with Gasteiger partial charge in [-0.3, -0.25) is 9.69 Å². The summed E-state index contributed by atoms with van der Waals surface area (Å²) in [6.45, 7) is 7.52. The first-order chi connectivity index (χ1) is 11.3. The highest BCUT2D eigenvalue weighted by Crippen LogP contribution is 2.29. The Balaban J connectivity index is 1.96. The minimum atomic E-state index is -4.30. The van der Waals surface area contributed by atoms with Crippen molar-refractivity contribution >= 4 is 5.91 Å². The average molecular weight is 342 g/mol. The highest BCUT2D eigenvalue weighted by molar-refractivity contribution is 5.79. The van der Waals surface area contributed by atoms with E-state index in [1.165, 1.54) is 12.1 Å². The molecule has 1 fully saturated rings. The molecule has 1 aromatic rings. The predicted octanol–water partition coefficient (Wildman–Crippen LogP) is 3.79. The van der Waals surface area contributed by atoms with Gasteiger partial charge in [0.15, 0.2) is 0 Å². The first kappa shape index (κ1) is 18.8. The molecular weight excluding hydrogens is 317 g/mol. The molecule has 2 rings (SSSR count). The van der Waals surface area contributed by atoms with Crippen LogP contribution in [0.4, 0.5) is 13.2 Å². The molecule has 134 valence electrons. The quantitative estimate of drug-likeness (QED) is 0.813. The lowest BCUT2D eigenvalue weighted by Crippen LogP contribution is -2.44. The van der Waals surface area contributed by atoms with Crippen LogP contribution in [-0.2, 0) is 17.5 Å². The second kappa shape index (κ2) is 8.01. The molecule has 0 aliphatic carbocycles. The summed E-state index contributed by atoms with van der Waals surface area (Å²) in [6.07, 6.45) is -2.47. The standard InChI is InChI=1S/C18H25F3N2O/c1-3-23(4-2)17(24)15-6-5-11-22(13-15)12-14-7-9-16(10-8-14)18(19,20)21/h7-10,15H,3-6,11-13H2,1-2H3. The van der Waals surface area contributed by atoms with Gasteiger partial charge in [0.05, 0.1) is 11.5 Å². The molecule has 0 aromatic heterocycles. The molecule has 0 radical (unpaired) electrons. The van der Waals surface area contributed by atoms with Gasteiger partial charge in [0.25, 0.3) is 0 Å². The first-order valence-corrected chi connectivity index (χ1v) is 8.52. The molecule has 1 atom stereocenters. The van der Waals surface area contributed by atoms with Crippen LogP contribution in [0.3, 0.4) is 0 Å². The number of hydrogen-bond donors (Lipinski definition) is 0. The topological polar surface area (TPSA) is 23.6 Å². The van der Waals surface area contributed by atoms with Crippen molar-refractivity contribution in [3.05, 3.63) is 35.4 Å². The number of likely N-dealkylation sites (tertiary alicyclic amines) is 1. The number of nitrogens with zero attached hydrogens (tertiary/aromatic N) is 2. The zero-order valence-electron chi connectivity index (χ0n) is 14.3. The lowest BCUT2D eigenvalue weighted by atomic mass is 9.96. The number of halogens is 3. The maximum atomic E-state index is 12.6. The molecule has 0 spiro atoms. The lowest BCUT2D eigenvalue weighted by molar-refractivity contribution is -0.138. The Morgan fingerprint density at radius 2 is 1.83 bits per heavy atom. The molecule has 1 heterocycles. The fourth-order valence-corrected chi connectivity index (χ4v) is 3.25. The third-order valence-electron chi connectivity index (χ3n) is 4.62. The van der Waals surface area contributed by atoms with Gasteiger partial charge in [0.1, 0.15) is 0 Å². The number of rotatable bonds is 5. The Labute approximate surface area is 141 Å². The van der Waals surface area contributed by atoms with E-state index in [4.69, 9.17) is 0 Å². The maximum absolute atomic E-state index is 12.6. The van der Waals surface area contributed by atoms with Crippen LogP contribution in [0.25, 0.3) is 0 Å². The van der Waals surface area contributed by atoms with Crippen LogP contribution in [0.1, 0.15) is 37.8 Å². The molecule has 0 N–H and O–H groups in total. The van der Waals surface area contributed by atoms with E-state index in [9.17, 15) is 18.0 Å². The molecule has 1 aliphatic heterocycles. The molecule has 24 heavy (non-hydrogen) atoms. The van der Waals surface area contributed by atoms with Crippen LogP contribution < -0.4 is 0 Å². The van der Waals surface area contributed by atoms with E-state index in [1.807, 2.05) is 18.7 Å². The number of alkyl halides is 3. The van der Waals surface area contributed by atoms with E-state index in [-0.39, 0.29) is 11.8 Å². The van der Waals surface area contributed by atoms with Crippen molar-refractivity contribution < 1.29 is 18.0 Å². The van der Waals surface area contributed by atoms with E-state index in [2.05, 4.69) is 4.90 Å². The van der Waals surface area contributed by atoms with Gasteiger partial charge in [-0.15, -0.1) is 0 Å². The Hall–Kier alpha value is -1.56. The SMILES string of the molecule is CCN(CC)C(=O)C1CCCN(Cc2ccc(C(F)(F)F)cc2)C1. The maximum Gasteiger partial charge on any atom is 0.416 e. The van der Waals surface area contributed by atoms with Gasteiger partial charge in [-0.25, -0.2) is 0 Å². The number of carbonyl (C=O) groups is 1. The van der Waals surface area contributed by atoms with E-state index in [0.717, 1.165) is 37.1 Å². The van der Waals surface area contributed by atoms with Crippen molar-refractivity contribution in [2.75, 3.05) is 26.2 Å². The fraction of sp³-hybridized carbons (Fsp3) is 0.611. The highest BCUT2D eigenvalue weighted by Gasteiger charge is 2.30. The van der Waals surface area contributed by atoms with E-state index in [1.54, 1.807) is 0 Å². The Bertz CT molecular complexity index is 538. The molecule has 1 saturated heterocycles. The number of benzene rings is 1. The summed E-state index contributed by atoms with van der Waals surface area (Å²) in [5.74, 6) is 0.185. The molecule has 0 bridgehead atoms. The largest absolute Gasteiger partial charge is 0.416 e. The molecule has 1 amide bonds. The molecule has 6 heteroatoms. The van der Waals surface area contributed by atoms with Crippen LogP contribution in [0.2, 0.25) is 0 Å². The van der Waals surface area contributed by atoms with Crippen molar-refractivity contribution in [2.45, 2.75) is 39.4 Å². The van der Waals surface area contributed by atoms with Crippen LogP contribution in [0, 0.1) is 5.92 Å². The van der Waals surface area contributed by atoms with Gasteiger partial charge in [-0.2, -0.15) is 13.2 Å². The van der Waals surface area contributed by atoms with Crippen molar-refractivity contribution in [3.8, 4) is 0 Å². The summed E-state index contributed by atoms with van der Waals surface area (Å²) >= 11 is 0. The van der Waals surface area contributed by atoms with Gasteiger partial charge < -0.3 is 4.90 Å². The monoisotopic (exact) mass is 342 g/mol. The zero-order valence-corrected chi connectivity index (χ0v) is 14.3. The van der Waals surface area contributed by atoms with E-state index >= 15 is 0 Å². The second-order valence-electron chi connectivity index (χ2n) is 6.28. The van der Waals surface area contributed by atoms with Gasteiger partial charge in [-0.05, 0) is 50.9 Å². The normalized spacial score (nSPS) is 19.3. The van der Waals surface area contributed by atoms with Crippen LogP contribution in [-0.4, -0.2) is 41.9 Å². The van der Waals surface area contributed by atoms with E-state index in [0.29, 0.717) is 26.2 Å². The van der Waals surface area contributed by atoms with Gasteiger partial charge >= 0.3 is 6.18 Å². The minimum absolute atomic E-state index is 0.00639. The summed E-state index contributed by atoms with van der Waals surface area (Å²) in [5.41, 5.74) is 0.221. The summed E-state index contributed by atoms with van der Waals surface area (Å²) in [4.78, 5) is 16.5. The number of amides is 1. The zero-order chi connectivity index (χ0) is 17.7. The Morgan fingerprint density at radius 3 is 2.38 bits per heavy atom. The summed E-state index contributed by atoms with van der Waals surface area (Å²) in [6, 6.07) is 5.30.